The van der Waals surface area contributed by atoms with Crippen molar-refractivity contribution in [2.24, 2.45) is 0 Å². The van der Waals surface area contributed by atoms with Crippen molar-refractivity contribution in [3.05, 3.63) is 54.3 Å². The summed E-state index contributed by atoms with van der Waals surface area (Å²) in [5, 5.41) is 0. The second kappa shape index (κ2) is 6.99. The van der Waals surface area contributed by atoms with Gasteiger partial charge in [-0.25, -0.2) is 4.79 Å². The standard InChI is InChI=1S/C15H15NO3/c1-4-7-14(17)16(2)13-9-6-5-8-12(13)10-11-15(18)19-3/h5-11H,1H2,2-3H3/b11-10+. The van der Waals surface area contributed by atoms with Gasteiger partial charge in [0.1, 0.15) is 0 Å². The van der Waals surface area contributed by atoms with Crippen LogP contribution in [0.15, 0.2) is 48.7 Å². The fraction of sp³-hybridized carbons (Fsp3) is 0.133. The van der Waals surface area contributed by atoms with Crippen LogP contribution in [-0.4, -0.2) is 26.0 Å². The molecule has 0 aromatic heterocycles. The van der Waals surface area contributed by atoms with Crippen molar-refractivity contribution in [2.45, 2.75) is 0 Å². The highest BCUT2D eigenvalue weighted by molar-refractivity contribution is 6.02. The molecule has 4 heteroatoms. The molecule has 4 nitrogen and oxygen atoms in total. The van der Waals surface area contributed by atoms with E-state index in [2.05, 4.69) is 17.0 Å². The van der Waals surface area contributed by atoms with Gasteiger partial charge < -0.3 is 9.64 Å². The average Bonchev–Trinajstić information content (AvgIpc) is 2.44. The first-order chi connectivity index (χ1) is 9.10. The number of carbonyl (C=O) groups excluding carboxylic acids is 2. The lowest BCUT2D eigenvalue weighted by Gasteiger charge is -2.17. The molecule has 0 aliphatic carbocycles. The predicted octanol–water partition coefficient (Wildman–Crippen LogP) is 2.18. The van der Waals surface area contributed by atoms with Crippen LogP contribution >= 0.6 is 0 Å². The first kappa shape index (κ1) is 14.5. The summed E-state index contributed by atoms with van der Waals surface area (Å²) in [7, 11) is 2.95. The average molecular weight is 257 g/mol. The summed E-state index contributed by atoms with van der Waals surface area (Å²) in [6.45, 7) is 3.37. The van der Waals surface area contributed by atoms with Gasteiger partial charge in [-0.3, -0.25) is 4.79 Å². The summed E-state index contributed by atoms with van der Waals surface area (Å²) in [6.07, 6.45) is 4.16. The smallest absolute Gasteiger partial charge is 0.330 e. The zero-order chi connectivity index (χ0) is 14.3. The molecular weight excluding hydrogens is 242 g/mol. The van der Waals surface area contributed by atoms with Crippen LogP contribution in [0.4, 0.5) is 5.69 Å². The van der Waals surface area contributed by atoms with Gasteiger partial charge in [-0.2, -0.15) is 0 Å². The molecule has 19 heavy (non-hydrogen) atoms. The Hall–Kier alpha value is -2.58. The van der Waals surface area contributed by atoms with Crippen molar-refractivity contribution in [3.63, 3.8) is 0 Å². The van der Waals surface area contributed by atoms with E-state index in [0.717, 1.165) is 5.56 Å². The predicted molar refractivity (Wildman–Crippen MR) is 74.6 cm³/mol. The van der Waals surface area contributed by atoms with Gasteiger partial charge in [0.2, 0.25) is 0 Å². The number of hydrogen-bond donors (Lipinski definition) is 0. The molecule has 0 heterocycles. The molecule has 1 amide bonds. The maximum absolute atomic E-state index is 11.7. The number of nitrogens with zero attached hydrogens (tertiary/aromatic N) is 1. The van der Waals surface area contributed by atoms with E-state index in [4.69, 9.17) is 0 Å². The molecule has 0 spiro atoms. The highest BCUT2D eigenvalue weighted by Gasteiger charge is 2.10. The monoisotopic (exact) mass is 257 g/mol. The van der Waals surface area contributed by atoms with Crippen molar-refractivity contribution >= 4 is 23.6 Å². The van der Waals surface area contributed by atoms with E-state index in [9.17, 15) is 9.59 Å². The van der Waals surface area contributed by atoms with E-state index in [1.807, 2.05) is 12.1 Å². The number of methoxy groups -OCH3 is 1. The number of amides is 1. The zero-order valence-electron chi connectivity index (χ0n) is 10.9. The summed E-state index contributed by atoms with van der Waals surface area (Å²) in [6, 6.07) is 7.22. The van der Waals surface area contributed by atoms with E-state index in [-0.39, 0.29) is 5.91 Å². The highest BCUT2D eigenvalue weighted by atomic mass is 16.5. The number of rotatable bonds is 4. The molecule has 1 rings (SSSR count). The second-order valence-corrected chi connectivity index (χ2v) is 3.66. The van der Waals surface area contributed by atoms with Gasteiger partial charge in [0.25, 0.3) is 5.91 Å². The van der Waals surface area contributed by atoms with Crippen LogP contribution in [0, 0.1) is 0 Å². The number of ether oxygens (including phenoxy) is 1. The van der Waals surface area contributed by atoms with E-state index in [1.54, 1.807) is 25.3 Å². The lowest BCUT2D eigenvalue weighted by Crippen LogP contribution is -2.24. The summed E-state index contributed by atoms with van der Waals surface area (Å²) < 4.78 is 4.53. The molecule has 0 atom stereocenters. The normalized spacial score (nSPS) is 9.79. The molecule has 0 bridgehead atoms. The molecule has 0 saturated heterocycles. The van der Waals surface area contributed by atoms with Crippen molar-refractivity contribution in [1.29, 1.82) is 0 Å². The Morgan fingerprint density at radius 1 is 1.37 bits per heavy atom. The van der Waals surface area contributed by atoms with Gasteiger partial charge in [-0.05, 0) is 17.7 Å². The Kier molecular flexibility index (Phi) is 5.33. The minimum absolute atomic E-state index is 0.242. The molecule has 1 aromatic rings. The molecule has 0 aliphatic rings. The number of anilines is 1. The van der Waals surface area contributed by atoms with Crippen LogP contribution in [0.1, 0.15) is 5.56 Å². The van der Waals surface area contributed by atoms with Gasteiger partial charge in [-0.1, -0.05) is 24.8 Å². The van der Waals surface area contributed by atoms with Crippen LogP contribution in [0.2, 0.25) is 0 Å². The topological polar surface area (TPSA) is 46.6 Å². The Labute approximate surface area is 112 Å². The molecular formula is C15H15NO3. The third kappa shape index (κ3) is 3.98. The fourth-order valence-corrected chi connectivity index (χ4v) is 1.46. The zero-order valence-corrected chi connectivity index (χ0v) is 10.9. The maximum atomic E-state index is 11.7. The van der Waals surface area contributed by atoms with Crippen LogP contribution < -0.4 is 4.90 Å². The summed E-state index contributed by atoms with van der Waals surface area (Å²) >= 11 is 0. The first-order valence-corrected chi connectivity index (χ1v) is 5.58. The molecule has 0 N–H and O–H groups in total. The number of esters is 1. The van der Waals surface area contributed by atoms with Gasteiger partial charge in [0.05, 0.1) is 12.8 Å². The van der Waals surface area contributed by atoms with Gasteiger partial charge >= 0.3 is 5.97 Å². The van der Waals surface area contributed by atoms with E-state index in [0.29, 0.717) is 5.69 Å². The number of benzene rings is 1. The SMILES string of the molecule is C=C=CC(=O)N(C)c1ccccc1/C=C/C(=O)OC. The number of carbonyl (C=O) groups is 2. The Morgan fingerprint density at radius 2 is 2.05 bits per heavy atom. The Bertz CT molecular complexity index is 554. The minimum Gasteiger partial charge on any atom is -0.466 e. The van der Waals surface area contributed by atoms with E-state index < -0.39 is 5.97 Å². The van der Waals surface area contributed by atoms with Crippen LogP contribution in [0.5, 0.6) is 0 Å². The summed E-state index contributed by atoms with van der Waals surface area (Å²) in [5.41, 5.74) is 3.86. The minimum atomic E-state index is -0.449. The van der Waals surface area contributed by atoms with Gasteiger partial charge in [0.15, 0.2) is 0 Å². The lowest BCUT2D eigenvalue weighted by atomic mass is 10.1. The van der Waals surface area contributed by atoms with Crippen LogP contribution in [0.3, 0.4) is 0 Å². The lowest BCUT2D eigenvalue weighted by molar-refractivity contribution is -0.134. The summed E-state index contributed by atoms with van der Waals surface area (Å²) in [4.78, 5) is 24.3. The Balaban J connectivity index is 3.08. The van der Waals surface area contributed by atoms with Crippen molar-refractivity contribution in [3.8, 4) is 0 Å². The van der Waals surface area contributed by atoms with Crippen molar-refractivity contribution < 1.29 is 14.3 Å². The molecule has 0 fully saturated rings. The number of para-hydroxylation sites is 1. The van der Waals surface area contributed by atoms with Crippen LogP contribution in [0.25, 0.3) is 6.08 Å². The maximum Gasteiger partial charge on any atom is 0.330 e. The third-order valence-corrected chi connectivity index (χ3v) is 2.45. The molecule has 1 aromatic carbocycles. The van der Waals surface area contributed by atoms with Gasteiger partial charge in [-0.15, -0.1) is 5.73 Å². The first-order valence-electron chi connectivity index (χ1n) is 5.58. The molecule has 0 saturated carbocycles. The molecule has 98 valence electrons. The third-order valence-electron chi connectivity index (χ3n) is 2.45. The Morgan fingerprint density at radius 3 is 2.68 bits per heavy atom. The molecule has 0 radical (unpaired) electrons. The molecule has 0 unspecified atom stereocenters. The molecule has 0 aliphatic heterocycles. The summed E-state index contributed by atoms with van der Waals surface area (Å²) in [5.74, 6) is -0.691. The van der Waals surface area contributed by atoms with Crippen molar-refractivity contribution in [1.82, 2.24) is 0 Å². The second-order valence-electron chi connectivity index (χ2n) is 3.66. The van der Waals surface area contributed by atoms with Gasteiger partial charge in [0, 0.05) is 19.2 Å². The highest BCUT2D eigenvalue weighted by Crippen LogP contribution is 2.20. The van der Waals surface area contributed by atoms with E-state index in [1.165, 1.54) is 24.2 Å². The fourth-order valence-electron chi connectivity index (χ4n) is 1.46. The number of likely N-dealkylation sites (N-methyl/N-ethyl adjacent to an activating group) is 1. The quantitative estimate of drug-likeness (QED) is 0.472. The number of hydrogen-bond acceptors (Lipinski definition) is 3. The van der Waals surface area contributed by atoms with Crippen LogP contribution in [-0.2, 0) is 14.3 Å². The van der Waals surface area contributed by atoms with E-state index >= 15 is 0 Å². The largest absolute Gasteiger partial charge is 0.466 e. The van der Waals surface area contributed by atoms with Crippen molar-refractivity contribution in [2.75, 3.05) is 19.1 Å².